The van der Waals surface area contributed by atoms with E-state index in [9.17, 15) is 8.42 Å². The van der Waals surface area contributed by atoms with E-state index in [4.69, 9.17) is 10.5 Å². The zero-order valence-corrected chi connectivity index (χ0v) is 12.7. The van der Waals surface area contributed by atoms with E-state index in [2.05, 4.69) is 9.82 Å². The third-order valence-electron chi connectivity index (χ3n) is 3.43. The molecule has 0 saturated carbocycles. The second kappa shape index (κ2) is 5.71. The molecule has 2 heterocycles. The van der Waals surface area contributed by atoms with Gasteiger partial charge in [0.25, 0.3) is 0 Å². The van der Waals surface area contributed by atoms with Gasteiger partial charge in [-0.1, -0.05) is 6.92 Å². The average molecular weight is 302 g/mol. The van der Waals surface area contributed by atoms with Gasteiger partial charge in [0.2, 0.25) is 10.0 Å². The van der Waals surface area contributed by atoms with E-state index in [-0.39, 0.29) is 17.3 Å². The lowest BCUT2D eigenvalue weighted by Crippen LogP contribution is -2.40. The van der Waals surface area contributed by atoms with Crippen LogP contribution in [0.15, 0.2) is 11.1 Å². The summed E-state index contributed by atoms with van der Waals surface area (Å²) in [6.45, 7) is 5.46. The number of rotatable bonds is 6. The standard InChI is InChI=1S/C12H22N4O3S/c1-3-6-16-8-10(11(13)15-16)20(17,18)14-9-12(2)5-4-7-19-12/h8,14H,3-7,9H2,1-2H3,(H2,13,15). The van der Waals surface area contributed by atoms with Crippen molar-refractivity contribution in [2.45, 2.75) is 50.2 Å². The van der Waals surface area contributed by atoms with Crippen LogP contribution in [-0.4, -0.2) is 37.0 Å². The first-order chi connectivity index (χ1) is 9.36. The molecular weight excluding hydrogens is 280 g/mol. The second-order valence-electron chi connectivity index (χ2n) is 5.37. The van der Waals surface area contributed by atoms with Crippen molar-refractivity contribution in [1.29, 1.82) is 0 Å². The zero-order valence-electron chi connectivity index (χ0n) is 11.9. The lowest BCUT2D eigenvalue weighted by Gasteiger charge is -2.23. The zero-order chi connectivity index (χ0) is 14.8. The number of nitrogens with one attached hydrogen (secondary N) is 1. The van der Waals surface area contributed by atoms with E-state index in [1.54, 1.807) is 4.68 Å². The van der Waals surface area contributed by atoms with Crippen LogP contribution in [0.25, 0.3) is 0 Å². The number of hydrogen-bond acceptors (Lipinski definition) is 5. The number of ether oxygens (including phenoxy) is 1. The third kappa shape index (κ3) is 3.31. The summed E-state index contributed by atoms with van der Waals surface area (Å²) in [5, 5.41) is 4.01. The van der Waals surface area contributed by atoms with Crippen molar-refractivity contribution in [2.75, 3.05) is 18.9 Å². The number of anilines is 1. The van der Waals surface area contributed by atoms with E-state index in [0.717, 1.165) is 19.3 Å². The SMILES string of the molecule is CCCn1cc(S(=O)(=O)NCC2(C)CCCO2)c(N)n1. The average Bonchev–Trinajstić information content (AvgIpc) is 2.96. The minimum absolute atomic E-state index is 0.0310. The minimum Gasteiger partial charge on any atom is -0.381 e. The molecule has 1 aliphatic heterocycles. The van der Waals surface area contributed by atoms with Crippen molar-refractivity contribution in [3.8, 4) is 0 Å². The van der Waals surface area contributed by atoms with Crippen molar-refractivity contribution < 1.29 is 13.2 Å². The van der Waals surface area contributed by atoms with Crippen LogP contribution in [0.5, 0.6) is 0 Å². The maximum absolute atomic E-state index is 12.3. The molecule has 1 aliphatic rings. The molecule has 0 spiro atoms. The highest BCUT2D eigenvalue weighted by Crippen LogP contribution is 2.25. The Morgan fingerprint density at radius 3 is 2.95 bits per heavy atom. The van der Waals surface area contributed by atoms with Crippen molar-refractivity contribution in [3.63, 3.8) is 0 Å². The van der Waals surface area contributed by atoms with Gasteiger partial charge in [0.1, 0.15) is 4.90 Å². The summed E-state index contributed by atoms with van der Waals surface area (Å²) in [7, 11) is -3.65. The monoisotopic (exact) mass is 302 g/mol. The Morgan fingerprint density at radius 2 is 2.35 bits per heavy atom. The molecular formula is C12H22N4O3S. The van der Waals surface area contributed by atoms with Crippen LogP contribution in [0.3, 0.4) is 0 Å². The summed E-state index contributed by atoms with van der Waals surface area (Å²) >= 11 is 0. The number of nitrogens with zero attached hydrogens (tertiary/aromatic N) is 2. The summed E-state index contributed by atoms with van der Waals surface area (Å²) in [6, 6.07) is 0. The molecule has 8 heteroatoms. The molecule has 1 fully saturated rings. The number of aromatic nitrogens is 2. The van der Waals surface area contributed by atoms with Crippen LogP contribution >= 0.6 is 0 Å². The first-order valence-electron chi connectivity index (χ1n) is 6.83. The van der Waals surface area contributed by atoms with Gasteiger partial charge < -0.3 is 10.5 Å². The van der Waals surface area contributed by atoms with Gasteiger partial charge in [-0.2, -0.15) is 5.10 Å². The molecule has 20 heavy (non-hydrogen) atoms. The Kier molecular flexibility index (Phi) is 4.36. The van der Waals surface area contributed by atoms with Gasteiger partial charge in [-0.05, 0) is 26.2 Å². The molecule has 1 aromatic rings. The smallest absolute Gasteiger partial charge is 0.245 e. The van der Waals surface area contributed by atoms with Gasteiger partial charge >= 0.3 is 0 Å². The maximum Gasteiger partial charge on any atom is 0.245 e. The van der Waals surface area contributed by atoms with Crippen LogP contribution in [0.1, 0.15) is 33.1 Å². The Balaban J connectivity index is 2.09. The highest BCUT2D eigenvalue weighted by atomic mass is 32.2. The van der Waals surface area contributed by atoms with Crippen molar-refractivity contribution in [3.05, 3.63) is 6.20 Å². The predicted molar refractivity (Wildman–Crippen MR) is 75.7 cm³/mol. The van der Waals surface area contributed by atoms with Crippen LogP contribution in [-0.2, 0) is 21.3 Å². The van der Waals surface area contributed by atoms with Gasteiger partial charge in [0.15, 0.2) is 5.82 Å². The quantitative estimate of drug-likeness (QED) is 0.806. The van der Waals surface area contributed by atoms with Crippen molar-refractivity contribution in [1.82, 2.24) is 14.5 Å². The molecule has 0 aromatic carbocycles. The fourth-order valence-corrected chi connectivity index (χ4v) is 3.50. The number of aryl methyl sites for hydroxylation is 1. The molecule has 3 N–H and O–H groups in total. The Morgan fingerprint density at radius 1 is 1.60 bits per heavy atom. The Labute approximate surface area is 119 Å². The molecule has 2 rings (SSSR count). The molecule has 0 bridgehead atoms. The minimum atomic E-state index is -3.65. The molecule has 7 nitrogen and oxygen atoms in total. The normalized spacial score (nSPS) is 23.3. The molecule has 1 saturated heterocycles. The third-order valence-corrected chi connectivity index (χ3v) is 4.85. The van der Waals surface area contributed by atoms with E-state index >= 15 is 0 Å². The largest absolute Gasteiger partial charge is 0.381 e. The summed E-state index contributed by atoms with van der Waals surface area (Å²) < 4.78 is 34.2. The molecule has 1 atom stereocenters. The maximum atomic E-state index is 12.3. The van der Waals surface area contributed by atoms with Gasteiger partial charge in [0.05, 0.1) is 5.60 Å². The Bertz CT molecular complexity index is 561. The Hall–Kier alpha value is -1.12. The number of nitrogen functional groups attached to an aromatic ring is 1. The predicted octanol–water partition coefficient (Wildman–Crippen LogP) is 0.723. The topological polar surface area (TPSA) is 99.2 Å². The van der Waals surface area contributed by atoms with Crippen molar-refractivity contribution in [2.24, 2.45) is 0 Å². The molecule has 114 valence electrons. The second-order valence-corrected chi connectivity index (χ2v) is 7.10. The van der Waals surface area contributed by atoms with Gasteiger partial charge in [-0.25, -0.2) is 13.1 Å². The molecule has 1 unspecified atom stereocenters. The molecule has 0 amide bonds. The van der Waals surface area contributed by atoms with Crippen LogP contribution < -0.4 is 10.5 Å². The van der Waals surface area contributed by atoms with Crippen molar-refractivity contribution >= 4 is 15.8 Å². The van der Waals surface area contributed by atoms with Gasteiger partial charge in [-0.15, -0.1) is 0 Å². The molecule has 0 radical (unpaired) electrons. The molecule has 0 aliphatic carbocycles. The highest BCUT2D eigenvalue weighted by molar-refractivity contribution is 7.89. The van der Waals surface area contributed by atoms with E-state index < -0.39 is 15.6 Å². The van der Waals surface area contributed by atoms with E-state index in [0.29, 0.717) is 13.2 Å². The van der Waals surface area contributed by atoms with E-state index in [1.165, 1.54) is 6.20 Å². The lowest BCUT2D eigenvalue weighted by molar-refractivity contribution is 0.0250. The van der Waals surface area contributed by atoms with Gasteiger partial charge in [0, 0.05) is 25.9 Å². The van der Waals surface area contributed by atoms with Gasteiger partial charge in [-0.3, -0.25) is 4.68 Å². The summed E-state index contributed by atoms with van der Waals surface area (Å²) in [6.07, 6.45) is 4.13. The summed E-state index contributed by atoms with van der Waals surface area (Å²) in [5.74, 6) is 0.0310. The van der Waals surface area contributed by atoms with Crippen LogP contribution in [0.2, 0.25) is 0 Å². The van der Waals surface area contributed by atoms with Crippen LogP contribution in [0.4, 0.5) is 5.82 Å². The highest BCUT2D eigenvalue weighted by Gasteiger charge is 2.32. The molecule has 1 aromatic heterocycles. The number of sulfonamides is 1. The lowest BCUT2D eigenvalue weighted by atomic mass is 10.0. The summed E-state index contributed by atoms with van der Waals surface area (Å²) in [5.41, 5.74) is 5.26. The summed E-state index contributed by atoms with van der Waals surface area (Å²) in [4.78, 5) is 0.0348. The number of hydrogen-bond donors (Lipinski definition) is 2. The number of nitrogens with two attached hydrogens (primary N) is 1. The first-order valence-corrected chi connectivity index (χ1v) is 8.31. The fourth-order valence-electron chi connectivity index (χ4n) is 2.27. The van der Waals surface area contributed by atoms with E-state index in [1.807, 2.05) is 13.8 Å². The first kappa shape index (κ1) is 15.3. The fraction of sp³-hybridized carbons (Fsp3) is 0.750. The van der Waals surface area contributed by atoms with Crippen LogP contribution in [0, 0.1) is 0 Å².